The minimum absolute atomic E-state index is 0.303. The van der Waals surface area contributed by atoms with Crippen molar-refractivity contribution in [3.63, 3.8) is 0 Å². The van der Waals surface area contributed by atoms with Gasteiger partial charge in [-0.25, -0.2) is 8.42 Å². The van der Waals surface area contributed by atoms with Crippen molar-refractivity contribution in [2.24, 2.45) is 5.92 Å². The van der Waals surface area contributed by atoms with Gasteiger partial charge in [-0.05, 0) is 45.2 Å². The molecule has 17 heavy (non-hydrogen) atoms. The van der Waals surface area contributed by atoms with E-state index in [1.54, 1.807) is 0 Å². The van der Waals surface area contributed by atoms with Gasteiger partial charge in [-0.1, -0.05) is 12.8 Å². The SMILES string of the molecule is CNCCCS(=O)(=O)N1CCC2CCCCC21. The Balaban J connectivity index is 1.96. The van der Waals surface area contributed by atoms with Gasteiger partial charge in [0.05, 0.1) is 5.75 Å². The Morgan fingerprint density at radius 3 is 2.76 bits per heavy atom. The van der Waals surface area contributed by atoms with Crippen molar-refractivity contribution in [1.82, 2.24) is 9.62 Å². The van der Waals surface area contributed by atoms with E-state index in [2.05, 4.69) is 5.32 Å². The van der Waals surface area contributed by atoms with Crippen molar-refractivity contribution in [2.45, 2.75) is 44.6 Å². The summed E-state index contributed by atoms with van der Waals surface area (Å²) in [5.41, 5.74) is 0. The van der Waals surface area contributed by atoms with Crippen LogP contribution in [-0.4, -0.2) is 44.7 Å². The average molecular weight is 260 g/mol. The van der Waals surface area contributed by atoms with Gasteiger partial charge in [-0.2, -0.15) is 4.31 Å². The van der Waals surface area contributed by atoms with Crippen molar-refractivity contribution >= 4 is 10.0 Å². The highest BCUT2D eigenvalue weighted by Gasteiger charge is 2.41. The molecule has 0 bridgehead atoms. The van der Waals surface area contributed by atoms with Crippen LogP contribution in [-0.2, 0) is 10.0 Å². The maximum absolute atomic E-state index is 12.3. The van der Waals surface area contributed by atoms with Crippen LogP contribution in [0.5, 0.6) is 0 Å². The van der Waals surface area contributed by atoms with Crippen LogP contribution in [0.2, 0.25) is 0 Å². The number of nitrogens with one attached hydrogen (secondary N) is 1. The molecule has 2 unspecified atom stereocenters. The van der Waals surface area contributed by atoms with Crippen LogP contribution >= 0.6 is 0 Å². The minimum Gasteiger partial charge on any atom is -0.320 e. The third-order valence-corrected chi connectivity index (χ3v) is 6.12. The van der Waals surface area contributed by atoms with Crippen LogP contribution in [0.25, 0.3) is 0 Å². The molecular formula is C12H24N2O2S. The lowest BCUT2D eigenvalue weighted by atomic mass is 9.86. The van der Waals surface area contributed by atoms with Crippen molar-refractivity contribution in [2.75, 3.05) is 25.9 Å². The van der Waals surface area contributed by atoms with Crippen molar-refractivity contribution in [3.8, 4) is 0 Å². The van der Waals surface area contributed by atoms with Crippen LogP contribution in [0.4, 0.5) is 0 Å². The second-order valence-electron chi connectivity index (χ2n) is 5.28. The maximum Gasteiger partial charge on any atom is 0.214 e. The zero-order valence-corrected chi connectivity index (χ0v) is 11.5. The molecule has 0 radical (unpaired) electrons. The topological polar surface area (TPSA) is 49.4 Å². The van der Waals surface area contributed by atoms with E-state index in [-0.39, 0.29) is 0 Å². The van der Waals surface area contributed by atoms with E-state index in [1.165, 1.54) is 19.3 Å². The van der Waals surface area contributed by atoms with Crippen LogP contribution < -0.4 is 5.32 Å². The first-order valence-electron chi connectivity index (χ1n) is 6.79. The number of rotatable bonds is 5. The lowest BCUT2D eigenvalue weighted by Crippen LogP contribution is -2.40. The Morgan fingerprint density at radius 2 is 2.00 bits per heavy atom. The smallest absolute Gasteiger partial charge is 0.214 e. The third-order valence-electron chi connectivity index (χ3n) is 4.15. The Hall–Kier alpha value is -0.130. The van der Waals surface area contributed by atoms with Gasteiger partial charge in [-0.15, -0.1) is 0 Å². The molecule has 1 saturated heterocycles. The molecule has 2 rings (SSSR count). The third kappa shape index (κ3) is 3.01. The molecule has 0 aromatic rings. The van der Waals surface area contributed by atoms with E-state index in [0.717, 1.165) is 25.9 Å². The van der Waals surface area contributed by atoms with Crippen molar-refractivity contribution in [1.29, 1.82) is 0 Å². The van der Waals surface area contributed by atoms with Gasteiger partial charge in [0.25, 0.3) is 0 Å². The summed E-state index contributed by atoms with van der Waals surface area (Å²) in [6, 6.07) is 0.323. The molecule has 4 nitrogen and oxygen atoms in total. The molecule has 2 atom stereocenters. The second kappa shape index (κ2) is 5.67. The van der Waals surface area contributed by atoms with E-state index in [9.17, 15) is 8.42 Å². The van der Waals surface area contributed by atoms with Crippen molar-refractivity contribution in [3.05, 3.63) is 0 Å². The molecule has 0 aromatic heterocycles. The number of sulfonamides is 1. The first kappa shape index (κ1) is 13.3. The normalized spacial score (nSPS) is 30.4. The Morgan fingerprint density at radius 1 is 1.24 bits per heavy atom. The molecule has 1 aliphatic carbocycles. The van der Waals surface area contributed by atoms with Gasteiger partial charge >= 0.3 is 0 Å². The highest BCUT2D eigenvalue weighted by molar-refractivity contribution is 7.89. The molecule has 2 fully saturated rings. The minimum atomic E-state index is -3.01. The van der Waals surface area contributed by atoms with Crippen LogP contribution in [0.15, 0.2) is 0 Å². The Kier molecular flexibility index (Phi) is 4.44. The molecule has 1 aliphatic heterocycles. The molecule has 0 spiro atoms. The van der Waals surface area contributed by atoms with Gasteiger partial charge in [0.2, 0.25) is 10.0 Å². The highest BCUT2D eigenvalue weighted by atomic mass is 32.2. The van der Waals surface area contributed by atoms with Gasteiger partial charge in [0.1, 0.15) is 0 Å². The van der Waals surface area contributed by atoms with Gasteiger partial charge < -0.3 is 5.32 Å². The summed E-state index contributed by atoms with van der Waals surface area (Å²) in [5, 5.41) is 3.00. The summed E-state index contributed by atoms with van der Waals surface area (Å²) in [6.07, 6.45) is 6.59. The van der Waals surface area contributed by atoms with E-state index in [4.69, 9.17) is 0 Å². The molecule has 1 heterocycles. The monoisotopic (exact) mass is 260 g/mol. The molecule has 5 heteroatoms. The molecule has 100 valence electrons. The summed E-state index contributed by atoms with van der Waals surface area (Å²) < 4.78 is 26.3. The molecule has 0 amide bonds. The van der Waals surface area contributed by atoms with Gasteiger partial charge in [0, 0.05) is 12.6 Å². The largest absolute Gasteiger partial charge is 0.320 e. The molecule has 1 N–H and O–H groups in total. The lowest BCUT2D eigenvalue weighted by molar-refractivity contribution is 0.260. The highest BCUT2D eigenvalue weighted by Crippen LogP contribution is 2.37. The second-order valence-corrected chi connectivity index (χ2v) is 7.33. The lowest BCUT2D eigenvalue weighted by Gasteiger charge is -2.31. The molecule has 0 aromatic carbocycles. The predicted octanol–water partition coefficient (Wildman–Crippen LogP) is 1.19. The predicted molar refractivity (Wildman–Crippen MR) is 69.4 cm³/mol. The van der Waals surface area contributed by atoms with Crippen LogP contribution in [0.3, 0.4) is 0 Å². The fraction of sp³-hybridized carbons (Fsp3) is 1.00. The summed E-state index contributed by atoms with van der Waals surface area (Å²) in [6.45, 7) is 1.54. The number of hydrogen-bond donors (Lipinski definition) is 1. The fourth-order valence-corrected chi connectivity index (χ4v) is 5.07. The average Bonchev–Trinajstić information content (AvgIpc) is 2.73. The Bertz CT molecular complexity index is 342. The fourth-order valence-electron chi connectivity index (χ4n) is 3.26. The van der Waals surface area contributed by atoms with E-state index < -0.39 is 10.0 Å². The zero-order chi connectivity index (χ0) is 12.3. The molecule has 1 saturated carbocycles. The van der Waals surface area contributed by atoms with Crippen molar-refractivity contribution < 1.29 is 8.42 Å². The van der Waals surface area contributed by atoms with E-state index >= 15 is 0 Å². The first-order chi connectivity index (χ1) is 8.15. The zero-order valence-electron chi connectivity index (χ0n) is 10.7. The van der Waals surface area contributed by atoms with Crippen LogP contribution in [0, 0.1) is 5.92 Å². The number of fused-ring (bicyclic) bond motifs is 1. The van der Waals surface area contributed by atoms with Crippen LogP contribution in [0.1, 0.15) is 38.5 Å². The molecular weight excluding hydrogens is 236 g/mol. The summed E-state index contributed by atoms with van der Waals surface area (Å²) in [7, 11) is -1.15. The summed E-state index contributed by atoms with van der Waals surface area (Å²) in [5.74, 6) is 0.944. The van der Waals surface area contributed by atoms with Gasteiger partial charge in [-0.3, -0.25) is 0 Å². The van der Waals surface area contributed by atoms with E-state index in [0.29, 0.717) is 24.1 Å². The maximum atomic E-state index is 12.3. The summed E-state index contributed by atoms with van der Waals surface area (Å²) >= 11 is 0. The standard InChI is InChI=1S/C12H24N2O2S/c1-13-8-4-10-17(15,16)14-9-7-11-5-2-3-6-12(11)14/h11-13H,2-10H2,1H3. The first-order valence-corrected chi connectivity index (χ1v) is 8.40. The quantitative estimate of drug-likeness (QED) is 0.755. The number of nitrogens with zero attached hydrogens (tertiary/aromatic N) is 1. The van der Waals surface area contributed by atoms with E-state index in [1.807, 2.05) is 11.4 Å². The summed E-state index contributed by atoms with van der Waals surface area (Å²) in [4.78, 5) is 0. The Labute approximate surface area is 105 Å². The van der Waals surface area contributed by atoms with Gasteiger partial charge in [0.15, 0.2) is 0 Å². The number of hydrogen-bond acceptors (Lipinski definition) is 3. The molecule has 2 aliphatic rings.